The molecule has 9 heteroatoms. The van der Waals surface area contributed by atoms with Crippen molar-refractivity contribution in [3.05, 3.63) is 47.1 Å². The normalized spacial score (nSPS) is 25.4. The van der Waals surface area contributed by atoms with Crippen molar-refractivity contribution in [1.82, 2.24) is 10.2 Å². The Hall–Kier alpha value is -2.68. The lowest BCUT2D eigenvalue weighted by atomic mass is 9.82. The van der Waals surface area contributed by atoms with Crippen molar-refractivity contribution in [3.8, 4) is 0 Å². The number of nitrogens with zero attached hydrogens (tertiary/aromatic N) is 2. The van der Waals surface area contributed by atoms with Crippen molar-refractivity contribution >= 4 is 17.6 Å². The molecule has 6 nitrogen and oxygen atoms in total. The molecule has 4 aliphatic rings. The Morgan fingerprint density at radius 1 is 1.22 bits per heavy atom. The third-order valence-corrected chi connectivity index (χ3v) is 7.47. The number of nitrogens with one attached hydrogen (secondary N) is 1. The van der Waals surface area contributed by atoms with Gasteiger partial charge in [-0.05, 0) is 38.7 Å². The van der Waals surface area contributed by atoms with E-state index in [0.717, 1.165) is 38.9 Å². The van der Waals surface area contributed by atoms with Gasteiger partial charge in [-0.2, -0.15) is 13.2 Å². The van der Waals surface area contributed by atoms with Crippen molar-refractivity contribution in [2.24, 2.45) is 10.9 Å². The Labute approximate surface area is 210 Å². The average molecular weight is 506 g/mol. The van der Waals surface area contributed by atoms with E-state index in [9.17, 15) is 22.8 Å². The van der Waals surface area contributed by atoms with E-state index in [2.05, 4.69) is 33.4 Å². The zero-order valence-corrected chi connectivity index (χ0v) is 20.7. The minimum atomic E-state index is -4.24. The Balaban J connectivity index is 1.29. The van der Waals surface area contributed by atoms with Crippen molar-refractivity contribution in [2.45, 2.75) is 63.6 Å². The number of hydrogen-bond donors (Lipinski definition) is 1. The maximum absolute atomic E-state index is 13.1. The van der Waals surface area contributed by atoms with Crippen molar-refractivity contribution < 1.29 is 27.5 Å². The highest BCUT2D eigenvalue weighted by molar-refractivity contribution is 6.07. The third-order valence-electron chi connectivity index (χ3n) is 7.47. The molecular weight excluding hydrogens is 471 g/mol. The van der Waals surface area contributed by atoms with Gasteiger partial charge in [-0.1, -0.05) is 29.9 Å². The number of rotatable bonds is 7. The van der Waals surface area contributed by atoms with Crippen LogP contribution < -0.4 is 5.32 Å². The number of carbonyl (C=O) groups excluding carboxylic acids is 2. The quantitative estimate of drug-likeness (QED) is 0.410. The van der Waals surface area contributed by atoms with Crippen LogP contribution in [0.5, 0.6) is 0 Å². The molecule has 1 unspecified atom stereocenters. The van der Waals surface area contributed by atoms with Crippen LogP contribution in [0.2, 0.25) is 0 Å². The minimum absolute atomic E-state index is 0.0326. The fourth-order valence-corrected chi connectivity index (χ4v) is 5.35. The maximum atomic E-state index is 13.1. The second kappa shape index (κ2) is 11.2. The summed E-state index contributed by atoms with van der Waals surface area (Å²) in [4.78, 5) is 32.1. The number of halogens is 3. The van der Waals surface area contributed by atoms with Crippen molar-refractivity contribution in [2.75, 3.05) is 32.7 Å². The van der Waals surface area contributed by atoms with Gasteiger partial charge in [0.25, 0.3) is 5.91 Å². The fraction of sp³-hybridized carbons (Fsp3) is 0.593. The van der Waals surface area contributed by atoms with Crippen molar-refractivity contribution in [1.29, 1.82) is 0 Å². The molecule has 0 saturated carbocycles. The van der Waals surface area contributed by atoms with E-state index in [1.54, 1.807) is 13.0 Å². The minimum Gasteiger partial charge on any atom is -0.450 e. The molecule has 0 radical (unpaired) electrons. The lowest BCUT2D eigenvalue weighted by Gasteiger charge is -2.39. The molecule has 1 N–H and O–H groups in total. The molecule has 2 heterocycles. The molecule has 2 aliphatic carbocycles. The zero-order valence-electron chi connectivity index (χ0n) is 20.7. The first-order valence-corrected chi connectivity index (χ1v) is 12.8. The summed E-state index contributed by atoms with van der Waals surface area (Å²) in [5, 5.41) is 2.80. The first-order chi connectivity index (χ1) is 17.2. The molecule has 1 saturated heterocycles. The number of carbonyl (C=O) groups is 2. The number of piperidine rings is 1. The molecule has 196 valence electrons. The molecule has 0 aromatic rings. The molecule has 0 aromatic carbocycles. The highest BCUT2D eigenvalue weighted by atomic mass is 19.4. The predicted molar refractivity (Wildman–Crippen MR) is 132 cm³/mol. The third kappa shape index (κ3) is 6.17. The van der Waals surface area contributed by atoms with Gasteiger partial charge in [-0.3, -0.25) is 9.79 Å². The number of ether oxygens (including phenoxy) is 1. The molecule has 0 bridgehead atoms. The van der Waals surface area contributed by atoms with E-state index in [0.29, 0.717) is 29.7 Å². The van der Waals surface area contributed by atoms with Gasteiger partial charge in [0.15, 0.2) is 0 Å². The molecular formula is C27H34F3N3O3. The van der Waals surface area contributed by atoms with Crippen LogP contribution >= 0.6 is 0 Å². The molecule has 1 fully saturated rings. The van der Waals surface area contributed by atoms with Crippen LogP contribution in [0.4, 0.5) is 13.2 Å². The van der Waals surface area contributed by atoms with Gasteiger partial charge in [0.05, 0.1) is 18.0 Å². The average Bonchev–Trinajstić information content (AvgIpc) is 3.10. The monoisotopic (exact) mass is 505 g/mol. The lowest BCUT2D eigenvalue weighted by molar-refractivity contribution is -0.171. The van der Waals surface area contributed by atoms with Crippen LogP contribution in [-0.4, -0.2) is 67.0 Å². The molecule has 4 rings (SSSR count). The topological polar surface area (TPSA) is 71.0 Å². The van der Waals surface area contributed by atoms with E-state index >= 15 is 0 Å². The summed E-state index contributed by atoms with van der Waals surface area (Å²) >= 11 is 0. The number of alkyl halides is 3. The van der Waals surface area contributed by atoms with Gasteiger partial charge in [-0.25, -0.2) is 4.79 Å². The standard InChI is InChI=1S/C27H34F3N3O3/c1-19-23(24(34)32-14-13-31-22-9-5-8-21(18-22)27(28,29)30)26(36-25(19)35)11-16-33(17-12-26)15-10-20-6-3-2-4-7-20/h3,5-7,9,21H,2,4,8,10-18H2,1H3,(H,32,34). The molecule has 2 aliphatic heterocycles. The summed E-state index contributed by atoms with van der Waals surface area (Å²) in [6.07, 6.45) is 9.63. The molecule has 36 heavy (non-hydrogen) atoms. The van der Waals surface area contributed by atoms with Crippen LogP contribution in [0, 0.1) is 5.92 Å². The first kappa shape index (κ1) is 26.4. The van der Waals surface area contributed by atoms with Gasteiger partial charge in [0.1, 0.15) is 5.60 Å². The second-order valence-corrected chi connectivity index (χ2v) is 9.94. The van der Waals surface area contributed by atoms with Crippen LogP contribution in [0.15, 0.2) is 52.1 Å². The van der Waals surface area contributed by atoms with Gasteiger partial charge < -0.3 is 15.0 Å². The molecule has 1 amide bonds. The summed E-state index contributed by atoms with van der Waals surface area (Å²) in [5.74, 6) is -2.24. The number of likely N-dealkylation sites (tertiary alicyclic amines) is 1. The van der Waals surface area contributed by atoms with E-state index in [1.807, 2.05) is 0 Å². The van der Waals surface area contributed by atoms with Crippen LogP contribution in [0.3, 0.4) is 0 Å². The summed E-state index contributed by atoms with van der Waals surface area (Å²) in [5.41, 5.74) is 1.53. The van der Waals surface area contributed by atoms with E-state index in [1.165, 1.54) is 11.6 Å². The van der Waals surface area contributed by atoms with Gasteiger partial charge in [-0.15, -0.1) is 0 Å². The van der Waals surface area contributed by atoms with Crippen molar-refractivity contribution in [3.63, 3.8) is 0 Å². The van der Waals surface area contributed by atoms with Crippen LogP contribution in [-0.2, 0) is 14.3 Å². The van der Waals surface area contributed by atoms with Gasteiger partial charge in [0.2, 0.25) is 0 Å². The molecule has 0 aromatic heterocycles. The highest BCUT2D eigenvalue weighted by Gasteiger charge is 2.50. The Morgan fingerprint density at radius 2 is 2.00 bits per heavy atom. The smallest absolute Gasteiger partial charge is 0.392 e. The summed E-state index contributed by atoms with van der Waals surface area (Å²) in [6.45, 7) is 4.34. The number of hydrogen-bond acceptors (Lipinski definition) is 5. The lowest BCUT2D eigenvalue weighted by Crippen LogP contribution is -2.49. The SMILES string of the molecule is CC1=C(C(=O)NCCN=C2C=CCC(C(F)(F)F)C2)C2(CCN(CCC3=CCCC=C3)CC2)OC1=O. The van der Waals surface area contributed by atoms with Crippen LogP contribution in [0.1, 0.15) is 51.9 Å². The summed E-state index contributed by atoms with van der Waals surface area (Å²) < 4.78 is 44.7. The Bertz CT molecular complexity index is 1020. The Morgan fingerprint density at radius 3 is 2.69 bits per heavy atom. The molecule has 1 spiro atoms. The zero-order chi connectivity index (χ0) is 25.8. The van der Waals surface area contributed by atoms with Gasteiger partial charge in [0, 0.05) is 56.7 Å². The first-order valence-electron chi connectivity index (χ1n) is 12.8. The fourth-order valence-electron chi connectivity index (χ4n) is 5.35. The van der Waals surface area contributed by atoms with E-state index < -0.39 is 23.7 Å². The Kier molecular flexibility index (Phi) is 8.17. The molecule has 1 atom stereocenters. The largest absolute Gasteiger partial charge is 0.450 e. The highest BCUT2D eigenvalue weighted by Crippen LogP contribution is 2.41. The maximum Gasteiger partial charge on any atom is 0.392 e. The second-order valence-electron chi connectivity index (χ2n) is 9.94. The van der Waals surface area contributed by atoms with Crippen LogP contribution in [0.25, 0.3) is 0 Å². The van der Waals surface area contributed by atoms with Gasteiger partial charge >= 0.3 is 12.1 Å². The number of amides is 1. The summed E-state index contributed by atoms with van der Waals surface area (Å²) in [6, 6.07) is 0. The van der Waals surface area contributed by atoms with E-state index in [4.69, 9.17) is 4.74 Å². The summed E-state index contributed by atoms with van der Waals surface area (Å²) in [7, 11) is 0. The predicted octanol–water partition coefficient (Wildman–Crippen LogP) is 4.45. The van der Waals surface area contributed by atoms with E-state index in [-0.39, 0.29) is 31.8 Å². The number of esters is 1. The number of aliphatic imine (C=N–C) groups is 1. The number of allylic oxidation sites excluding steroid dienone is 5.